The Morgan fingerprint density at radius 3 is 2.50 bits per heavy atom. The number of rotatable bonds is 3. The monoisotopic (exact) mass is 280 g/mol. The molecule has 6 heteroatoms. The Balaban J connectivity index is 3.41. The van der Waals surface area contributed by atoms with Gasteiger partial charge in [-0.3, -0.25) is 4.79 Å². The van der Waals surface area contributed by atoms with Crippen LogP contribution < -0.4 is 0 Å². The van der Waals surface area contributed by atoms with E-state index in [0.717, 1.165) is 0 Å². The van der Waals surface area contributed by atoms with Crippen molar-refractivity contribution in [3.63, 3.8) is 0 Å². The molecule has 0 saturated carbocycles. The Kier molecular flexibility index (Phi) is 4.59. The molecule has 86 valence electrons. The van der Waals surface area contributed by atoms with Crippen LogP contribution in [0.15, 0.2) is 6.07 Å². The van der Waals surface area contributed by atoms with Crippen molar-refractivity contribution in [3.05, 3.63) is 32.3 Å². The van der Waals surface area contributed by atoms with Crippen LogP contribution in [0.1, 0.15) is 27.6 Å². The zero-order valence-electron chi connectivity index (χ0n) is 8.22. The van der Waals surface area contributed by atoms with Gasteiger partial charge in [-0.15, -0.1) is 0 Å². The normalized spacial score (nSPS) is 10.0. The smallest absolute Gasteiger partial charge is 0.341 e. The summed E-state index contributed by atoms with van der Waals surface area (Å²) in [6.45, 7) is 1.82. The first-order chi connectivity index (χ1) is 7.52. The largest absolute Gasteiger partial charge is 0.462 e. The lowest BCUT2D eigenvalue weighted by molar-refractivity contribution is 0.0527. The summed E-state index contributed by atoms with van der Waals surface area (Å²) in [5.74, 6) is -0.705. The predicted octanol–water partition coefficient (Wildman–Crippen LogP) is 3.64. The Morgan fingerprint density at radius 1 is 1.38 bits per heavy atom. The maximum Gasteiger partial charge on any atom is 0.341 e. The summed E-state index contributed by atoms with van der Waals surface area (Å²) in [5.41, 5.74) is 0.0129. The Morgan fingerprint density at radius 2 is 2.00 bits per heavy atom. The van der Waals surface area contributed by atoms with Crippen molar-refractivity contribution in [1.29, 1.82) is 0 Å². The molecule has 0 fully saturated rings. The molecule has 0 spiro atoms. The molecule has 16 heavy (non-hydrogen) atoms. The number of carbonyl (C=O) groups is 2. The van der Waals surface area contributed by atoms with E-state index in [1.807, 2.05) is 0 Å². The highest BCUT2D eigenvalue weighted by Crippen LogP contribution is 2.34. The first-order valence-electron chi connectivity index (χ1n) is 4.32. The van der Waals surface area contributed by atoms with Gasteiger partial charge in [0.2, 0.25) is 0 Å². The lowest BCUT2D eigenvalue weighted by atomic mass is 10.1. The van der Waals surface area contributed by atoms with Crippen LogP contribution in [-0.4, -0.2) is 18.9 Å². The number of hydrogen-bond acceptors (Lipinski definition) is 3. The van der Waals surface area contributed by atoms with E-state index in [9.17, 15) is 9.59 Å². The molecule has 0 saturated heterocycles. The molecule has 0 bridgehead atoms. The standard InChI is InChI=1S/C10H7Cl3O3/c1-2-16-10(15)7-8(12)5(4-14)3-6(11)9(7)13/h3-4H,2H2,1H3. The van der Waals surface area contributed by atoms with Gasteiger partial charge in [0.15, 0.2) is 6.29 Å². The van der Waals surface area contributed by atoms with Crippen molar-refractivity contribution in [2.24, 2.45) is 0 Å². The highest BCUT2D eigenvalue weighted by molar-refractivity contribution is 6.46. The van der Waals surface area contributed by atoms with Gasteiger partial charge in [0, 0.05) is 5.56 Å². The van der Waals surface area contributed by atoms with Gasteiger partial charge >= 0.3 is 5.97 Å². The second-order valence-electron chi connectivity index (χ2n) is 2.79. The lowest BCUT2D eigenvalue weighted by Gasteiger charge is -2.09. The van der Waals surface area contributed by atoms with Gasteiger partial charge in [-0.1, -0.05) is 34.8 Å². The third-order valence-corrected chi connectivity index (χ3v) is 2.99. The van der Waals surface area contributed by atoms with E-state index in [1.54, 1.807) is 6.92 Å². The Hall–Kier alpha value is -0.770. The number of benzene rings is 1. The zero-order valence-corrected chi connectivity index (χ0v) is 10.5. The maximum absolute atomic E-state index is 11.5. The summed E-state index contributed by atoms with van der Waals surface area (Å²) in [5, 5.41) is 0.00906. The summed E-state index contributed by atoms with van der Waals surface area (Å²) in [6, 6.07) is 1.29. The fraction of sp³-hybridized carbons (Fsp3) is 0.200. The van der Waals surface area contributed by atoms with Crippen LogP contribution in [0, 0.1) is 0 Å². The molecule has 0 aromatic heterocycles. The van der Waals surface area contributed by atoms with Crippen molar-refractivity contribution in [2.75, 3.05) is 6.61 Å². The number of esters is 1. The molecular weight excluding hydrogens is 274 g/mol. The minimum absolute atomic E-state index is 0.0179. The topological polar surface area (TPSA) is 43.4 Å². The van der Waals surface area contributed by atoms with Crippen LogP contribution in [0.3, 0.4) is 0 Å². The molecule has 0 atom stereocenters. The molecule has 0 amide bonds. The van der Waals surface area contributed by atoms with Crippen LogP contribution in [0.25, 0.3) is 0 Å². The van der Waals surface area contributed by atoms with E-state index in [0.29, 0.717) is 6.29 Å². The van der Waals surface area contributed by atoms with Gasteiger partial charge in [0.1, 0.15) is 0 Å². The van der Waals surface area contributed by atoms with Gasteiger partial charge < -0.3 is 4.74 Å². The van der Waals surface area contributed by atoms with Crippen molar-refractivity contribution < 1.29 is 14.3 Å². The molecule has 1 aromatic carbocycles. The van der Waals surface area contributed by atoms with E-state index in [2.05, 4.69) is 0 Å². The first-order valence-corrected chi connectivity index (χ1v) is 5.46. The summed E-state index contributed by atoms with van der Waals surface area (Å²) < 4.78 is 4.76. The van der Waals surface area contributed by atoms with Crippen LogP contribution in [0.2, 0.25) is 15.1 Å². The molecule has 0 radical (unpaired) electrons. The molecular formula is C10H7Cl3O3. The Bertz CT molecular complexity index is 443. The minimum Gasteiger partial charge on any atom is -0.462 e. The number of aldehydes is 1. The average Bonchev–Trinajstić information content (AvgIpc) is 2.24. The average molecular weight is 282 g/mol. The highest BCUT2D eigenvalue weighted by Gasteiger charge is 2.21. The summed E-state index contributed by atoms with van der Waals surface area (Å²) in [7, 11) is 0. The van der Waals surface area contributed by atoms with Crippen molar-refractivity contribution in [2.45, 2.75) is 6.92 Å². The molecule has 1 rings (SSSR count). The van der Waals surface area contributed by atoms with Gasteiger partial charge in [0.25, 0.3) is 0 Å². The molecule has 0 aliphatic carbocycles. The third-order valence-electron chi connectivity index (χ3n) is 1.79. The minimum atomic E-state index is -0.705. The fourth-order valence-corrected chi connectivity index (χ4v) is 1.85. The third kappa shape index (κ3) is 2.48. The summed E-state index contributed by atoms with van der Waals surface area (Å²) >= 11 is 17.4. The van der Waals surface area contributed by atoms with Crippen molar-refractivity contribution in [3.8, 4) is 0 Å². The van der Waals surface area contributed by atoms with Crippen LogP contribution in [0.5, 0.6) is 0 Å². The van der Waals surface area contributed by atoms with E-state index in [4.69, 9.17) is 39.5 Å². The number of hydrogen-bond donors (Lipinski definition) is 0. The van der Waals surface area contributed by atoms with E-state index >= 15 is 0 Å². The van der Waals surface area contributed by atoms with Crippen molar-refractivity contribution >= 4 is 47.1 Å². The Labute approximate surface area is 107 Å². The predicted molar refractivity (Wildman–Crippen MR) is 62.8 cm³/mol. The lowest BCUT2D eigenvalue weighted by Crippen LogP contribution is -2.08. The quantitative estimate of drug-likeness (QED) is 0.483. The van der Waals surface area contributed by atoms with Crippen LogP contribution >= 0.6 is 34.8 Å². The molecule has 0 aliphatic heterocycles. The fourth-order valence-electron chi connectivity index (χ4n) is 1.09. The zero-order chi connectivity index (χ0) is 12.3. The molecule has 0 unspecified atom stereocenters. The number of carbonyl (C=O) groups excluding carboxylic acids is 2. The van der Waals surface area contributed by atoms with Gasteiger partial charge in [0.05, 0.1) is 27.2 Å². The van der Waals surface area contributed by atoms with Gasteiger partial charge in [-0.05, 0) is 13.0 Å². The number of ether oxygens (including phenoxy) is 1. The summed E-state index contributed by atoms with van der Waals surface area (Å²) in [6.07, 6.45) is 0.493. The SMILES string of the molecule is CCOC(=O)c1c(Cl)c(Cl)cc(C=O)c1Cl. The van der Waals surface area contributed by atoms with Crippen LogP contribution in [-0.2, 0) is 4.74 Å². The number of halogens is 3. The molecule has 0 heterocycles. The second-order valence-corrected chi connectivity index (χ2v) is 3.95. The van der Waals surface area contributed by atoms with Crippen molar-refractivity contribution in [1.82, 2.24) is 0 Å². The maximum atomic E-state index is 11.5. The first kappa shape index (κ1) is 13.3. The van der Waals surface area contributed by atoms with E-state index in [-0.39, 0.29) is 32.8 Å². The molecule has 0 aliphatic rings. The van der Waals surface area contributed by atoms with E-state index < -0.39 is 5.97 Å². The second kappa shape index (κ2) is 5.53. The van der Waals surface area contributed by atoms with Gasteiger partial charge in [-0.2, -0.15) is 0 Å². The highest BCUT2D eigenvalue weighted by atomic mass is 35.5. The van der Waals surface area contributed by atoms with Crippen LogP contribution in [0.4, 0.5) is 0 Å². The molecule has 0 N–H and O–H groups in total. The van der Waals surface area contributed by atoms with Gasteiger partial charge in [-0.25, -0.2) is 4.79 Å². The van der Waals surface area contributed by atoms with E-state index in [1.165, 1.54) is 6.07 Å². The molecule has 1 aromatic rings. The summed E-state index contributed by atoms with van der Waals surface area (Å²) in [4.78, 5) is 22.2. The molecule has 3 nitrogen and oxygen atoms in total.